The van der Waals surface area contributed by atoms with Crippen LogP contribution in [0, 0.1) is 0 Å². The largest absolute Gasteiger partial charge is 0.490 e. The average molecular weight is 565 g/mol. The van der Waals surface area contributed by atoms with Crippen LogP contribution in [0.25, 0.3) is 11.2 Å². The number of hydrogen-bond acceptors (Lipinski definition) is 8. The summed E-state index contributed by atoms with van der Waals surface area (Å²) in [6, 6.07) is 2.67. The molecule has 39 heavy (non-hydrogen) atoms. The maximum absolute atomic E-state index is 13.3. The fraction of sp³-hybridized carbons (Fsp3) is 0.375. The highest BCUT2D eigenvalue weighted by Gasteiger charge is 2.46. The Bertz CT molecular complexity index is 1590. The summed E-state index contributed by atoms with van der Waals surface area (Å²) in [5.41, 5.74) is 6.10. The molecule has 1 amide bonds. The molecule has 5 rings (SSSR count). The van der Waals surface area contributed by atoms with Crippen molar-refractivity contribution in [2.24, 2.45) is 0 Å². The van der Waals surface area contributed by atoms with E-state index in [0.717, 1.165) is 0 Å². The molecule has 2 atom stereocenters. The van der Waals surface area contributed by atoms with Crippen LogP contribution in [0.4, 0.5) is 24.8 Å². The number of pyridine rings is 1. The third-order valence-corrected chi connectivity index (χ3v) is 6.95. The van der Waals surface area contributed by atoms with E-state index in [1.165, 1.54) is 24.0 Å². The van der Waals surface area contributed by atoms with E-state index < -0.39 is 29.7 Å². The number of amides is 1. The van der Waals surface area contributed by atoms with Crippen LogP contribution in [0.2, 0.25) is 5.02 Å². The quantitative estimate of drug-likeness (QED) is 0.352. The molecule has 1 fully saturated rings. The number of carbonyl (C=O) groups is 2. The highest BCUT2D eigenvalue weighted by atomic mass is 35.5. The van der Waals surface area contributed by atoms with Gasteiger partial charge in [0.2, 0.25) is 0 Å². The standard InChI is InChI=1S/C24H24ClF3N8O3/c1-13(32-20(37)17-18(29)33-36-8-4-6-31-19(17)36)14-9-15(25)16-10-30-12-35(16)21(14)34-7-3-5-23(2,11-34)39-22(38)24(26,27)28/h4,6,8-10,12-13H,3,5,7,11H2,1-2H3,(H2,29,33)(H,32,37). The van der Waals surface area contributed by atoms with Crippen molar-refractivity contribution in [2.45, 2.75) is 44.5 Å². The predicted molar refractivity (Wildman–Crippen MR) is 135 cm³/mol. The first-order chi connectivity index (χ1) is 18.4. The maximum atomic E-state index is 13.3. The predicted octanol–water partition coefficient (Wildman–Crippen LogP) is 3.57. The third kappa shape index (κ3) is 4.91. The molecule has 1 aliphatic heterocycles. The minimum absolute atomic E-state index is 0.00000441. The van der Waals surface area contributed by atoms with Gasteiger partial charge in [0.1, 0.15) is 23.3 Å². The van der Waals surface area contributed by atoms with Crippen LogP contribution in [-0.4, -0.2) is 60.7 Å². The topological polar surface area (TPSA) is 132 Å². The van der Waals surface area contributed by atoms with Gasteiger partial charge in [-0.15, -0.1) is 5.10 Å². The Morgan fingerprint density at radius 2 is 2.10 bits per heavy atom. The van der Waals surface area contributed by atoms with Crippen molar-refractivity contribution in [3.8, 4) is 0 Å². The van der Waals surface area contributed by atoms with Crippen molar-refractivity contribution in [1.29, 1.82) is 0 Å². The summed E-state index contributed by atoms with van der Waals surface area (Å²) in [6.45, 7) is 3.63. The number of esters is 1. The molecule has 0 aromatic carbocycles. The van der Waals surface area contributed by atoms with Gasteiger partial charge >= 0.3 is 12.1 Å². The lowest BCUT2D eigenvalue weighted by Gasteiger charge is -2.42. The van der Waals surface area contributed by atoms with Gasteiger partial charge < -0.3 is 20.7 Å². The molecule has 5 heterocycles. The van der Waals surface area contributed by atoms with Crippen LogP contribution in [0.1, 0.15) is 48.7 Å². The second-order valence-electron chi connectivity index (χ2n) is 9.63. The van der Waals surface area contributed by atoms with Crippen molar-refractivity contribution < 1.29 is 27.5 Å². The molecular formula is C24H24ClF3N8O3. The Kier molecular flexibility index (Phi) is 6.53. The lowest BCUT2D eigenvalue weighted by Crippen LogP contribution is -2.51. The Morgan fingerprint density at radius 1 is 1.33 bits per heavy atom. The first kappa shape index (κ1) is 26.5. The van der Waals surface area contributed by atoms with E-state index in [4.69, 9.17) is 22.1 Å². The molecule has 0 spiro atoms. The van der Waals surface area contributed by atoms with Crippen molar-refractivity contribution >= 4 is 46.3 Å². The second-order valence-corrected chi connectivity index (χ2v) is 10.0. The summed E-state index contributed by atoms with van der Waals surface area (Å²) in [5.74, 6) is -2.22. The molecular weight excluding hydrogens is 541 g/mol. The van der Waals surface area contributed by atoms with Gasteiger partial charge in [0.05, 0.1) is 29.3 Å². The number of ether oxygens (including phenoxy) is 1. The van der Waals surface area contributed by atoms with Crippen LogP contribution < -0.4 is 16.0 Å². The minimum Gasteiger partial charge on any atom is -0.451 e. The number of nitrogens with one attached hydrogen (secondary N) is 1. The number of piperidine rings is 1. The molecule has 15 heteroatoms. The van der Waals surface area contributed by atoms with E-state index in [9.17, 15) is 22.8 Å². The zero-order valence-electron chi connectivity index (χ0n) is 20.9. The molecule has 11 nitrogen and oxygen atoms in total. The minimum atomic E-state index is -5.11. The van der Waals surface area contributed by atoms with Gasteiger partial charge in [-0.1, -0.05) is 11.6 Å². The molecule has 3 N–H and O–H groups in total. The molecule has 1 saturated heterocycles. The SMILES string of the molecule is CC(NC(=O)c1c(N)nn2cccnc12)c1cc(Cl)c2cncn2c1N1CCCC(C)(OC(=O)C(F)(F)F)C1. The molecule has 2 unspecified atom stereocenters. The number of alkyl halides is 3. The molecule has 4 aromatic heterocycles. The number of nitrogens with zero attached hydrogens (tertiary/aromatic N) is 6. The molecule has 4 aromatic rings. The molecule has 206 valence electrons. The van der Waals surface area contributed by atoms with Gasteiger partial charge in [-0.05, 0) is 38.8 Å². The highest BCUT2D eigenvalue weighted by molar-refractivity contribution is 6.34. The number of carbonyl (C=O) groups excluding carboxylic acids is 2. The number of imidazole rings is 1. The van der Waals surface area contributed by atoms with Crippen molar-refractivity contribution in [3.63, 3.8) is 0 Å². The molecule has 0 saturated carbocycles. The normalized spacial score (nSPS) is 18.9. The Hall–Kier alpha value is -4.07. The first-order valence-corrected chi connectivity index (χ1v) is 12.3. The Labute approximate surface area is 224 Å². The number of rotatable bonds is 5. The summed E-state index contributed by atoms with van der Waals surface area (Å²) in [7, 11) is 0. The van der Waals surface area contributed by atoms with Gasteiger partial charge in [-0.25, -0.2) is 19.3 Å². The molecule has 0 bridgehead atoms. The van der Waals surface area contributed by atoms with Gasteiger partial charge in [-0.2, -0.15) is 13.2 Å². The fourth-order valence-electron chi connectivity index (χ4n) is 4.93. The summed E-state index contributed by atoms with van der Waals surface area (Å²) in [4.78, 5) is 35.2. The van der Waals surface area contributed by atoms with Crippen molar-refractivity contribution in [1.82, 2.24) is 29.3 Å². The lowest BCUT2D eigenvalue weighted by atomic mass is 9.93. The van der Waals surface area contributed by atoms with E-state index >= 15 is 0 Å². The van der Waals surface area contributed by atoms with Crippen molar-refractivity contribution in [2.75, 3.05) is 23.7 Å². The molecule has 0 aliphatic carbocycles. The van der Waals surface area contributed by atoms with Crippen LogP contribution in [0.3, 0.4) is 0 Å². The van der Waals surface area contributed by atoms with E-state index in [0.29, 0.717) is 34.9 Å². The number of nitrogens with two attached hydrogens (primary N) is 1. The van der Waals surface area contributed by atoms with E-state index in [2.05, 4.69) is 20.4 Å². The van der Waals surface area contributed by atoms with Crippen molar-refractivity contribution in [3.05, 3.63) is 53.2 Å². The van der Waals surface area contributed by atoms with Crippen LogP contribution in [-0.2, 0) is 9.53 Å². The second kappa shape index (κ2) is 9.59. The molecule has 0 radical (unpaired) electrons. The van der Waals surface area contributed by atoms with E-state index in [1.54, 1.807) is 40.8 Å². The number of aromatic nitrogens is 5. The third-order valence-electron chi connectivity index (χ3n) is 6.64. The van der Waals surface area contributed by atoms with Gasteiger partial charge in [-0.3, -0.25) is 9.20 Å². The maximum Gasteiger partial charge on any atom is 0.490 e. The average Bonchev–Trinajstić information content (AvgIpc) is 3.47. The number of anilines is 2. The Morgan fingerprint density at radius 3 is 2.85 bits per heavy atom. The number of fused-ring (bicyclic) bond motifs is 2. The highest BCUT2D eigenvalue weighted by Crippen LogP contribution is 2.37. The zero-order valence-corrected chi connectivity index (χ0v) is 21.6. The summed E-state index contributed by atoms with van der Waals surface area (Å²) >= 11 is 6.54. The monoisotopic (exact) mass is 564 g/mol. The van der Waals surface area contributed by atoms with Crippen LogP contribution in [0.15, 0.2) is 37.1 Å². The summed E-state index contributed by atoms with van der Waals surface area (Å²) < 4.78 is 46.9. The number of halogens is 4. The fourth-order valence-corrected chi connectivity index (χ4v) is 5.19. The first-order valence-electron chi connectivity index (χ1n) is 12.0. The van der Waals surface area contributed by atoms with Gasteiger partial charge in [0, 0.05) is 24.5 Å². The molecule has 1 aliphatic rings. The van der Waals surface area contributed by atoms with Crippen LogP contribution in [0.5, 0.6) is 0 Å². The number of hydrogen-bond donors (Lipinski definition) is 2. The van der Waals surface area contributed by atoms with Crippen LogP contribution >= 0.6 is 11.6 Å². The zero-order chi connectivity index (χ0) is 28.1. The van der Waals surface area contributed by atoms with E-state index in [1.807, 2.05) is 0 Å². The summed E-state index contributed by atoms with van der Waals surface area (Å²) in [6.07, 6.45) is 1.79. The smallest absolute Gasteiger partial charge is 0.451 e. The summed E-state index contributed by atoms with van der Waals surface area (Å²) in [5, 5.41) is 7.37. The lowest BCUT2D eigenvalue weighted by molar-refractivity contribution is -0.213. The van der Waals surface area contributed by atoms with E-state index in [-0.39, 0.29) is 30.0 Å². The van der Waals surface area contributed by atoms with Gasteiger partial charge in [0.25, 0.3) is 5.91 Å². The Balaban J connectivity index is 1.50. The van der Waals surface area contributed by atoms with Gasteiger partial charge in [0.15, 0.2) is 11.5 Å². The number of nitrogen functional groups attached to an aromatic ring is 1.